The maximum absolute atomic E-state index is 9.79. The van der Waals surface area contributed by atoms with Crippen LogP contribution in [0.4, 0.5) is 0 Å². The first-order valence-corrected chi connectivity index (χ1v) is 5.27. The number of carbonyl (C=O) groups is 2. The highest BCUT2D eigenvalue weighted by molar-refractivity contribution is 5.69. The molecule has 0 atom stereocenters. The third-order valence-electron chi connectivity index (χ3n) is 1.99. The van der Waals surface area contributed by atoms with Crippen molar-refractivity contribution in [2.75, 3.05) is 13.1 Å². The van der Waals surface area contributed by atoms with Crippen LogP contribution in [0.25, 0.3) is 0 Å². The molecule has 1 fully saturated rings. The fourth-order valence-corrected chi connectivity index (χ4v) is 1.19. The van der Waals surface area contributed by atoms with E-state index in [4.69, 9.17) is 10.2 Å². The fourth-order valence-electron chi connectivity index (χ4n) is 1.19. The van der Waals surface area contributed by atoms with Crippen LogP contribution in [0.1, 0.15) is 38.5 Å². The summed E-state index contributed by atoms with van der Waals surface area (Å²) in [7, 11) is 0. The van der Waals surface area contributed by atoms with Gasteiger partial charge in [0.15, 0.2) is 0 Å². The van der Waals surface area contributed by atoms with E-state index in [2.05, 4.69) is 5.32 Å². The molecule has 1 aliphatic heterocycles. The Bertz CT molecular complexity index is 164. The van der Waals surface area contributed by atoms with E-state index in [1.807, 2.05) is 0 Å². The third kappa shape index (κ3) is 12.9. The highest BCUT2D eigenvalue weighted by atomic mass is 16.4. The van der Waals surface area contributed by atoms with Crippen molar-refractivity contribution in [3.8, 4) is 0 Å². The lowest BCUT2D eigenvalue weighted by molar-refractivity contribution is -0.138. The molecule has 0 aromatic rings. The van der Waals surface area contributed by atoms with Crippen molar-refractivity contribution in [3.05, 3.63) is 0 Å². The summed E-state index contributed by atoms with van der Waals surface area (Å²) in [6, 6.07) is 0. The minimum absolute atomic E-state index is 0.0632. The Hall–Kier alpha value is -1.10. The van der Waals surface area contributed by atoms with Gasteiger partial charge in [-0.1, -0.05) is 6.42 Å². The van der Waals surface area contributed by atoms with E-state index in [1.165, 1.54) is 32.4 Å². The molecule has 88 valence electrons. The van der Waals surface area contributed by atoms with Gasteiger partial charge >= 0.3 is 11.9 Å². The van der Waals surface area contributed by atoms with Crippen molar-refractivity contribution >= 4 is 11.9 Å². The first-order chi connectivity index (χ1) is 7.13. The van der Waals surface area contributed by atoms with Crippen LogP contribution in [0, 0.1) is 0 Å². The van der Waals surface area contributed by atoms with E-state index < -0.39 is 11.9 Å². The largest absolute Gasteiger partial charge is 0.481 e. The summed E-state index contributed by atoms with van der Waals surface area (Å²) in [5.74, 6) is -1.90. The first kappa shape index (κ1) is 13.9. The van der Waals surface area contributed by atoms with Crippen LogP contribution in [0.3, 0.4) is 0 Å². The minimum atomic E-state index is -0.948. The van der Waals surface area contributed by atoms with Gasteiger partial charge in [-0.05, 0) is 32.4 Å². The quantitative estimate of drug-likeness (QED) is 0.656. The Kier molecular flexibility index (Phi) is 8.76. The maximum atomic E-state index is 9.79. The van der Waals surface area contributed by atoms with Gasteiger partial charge in [-0.3, -0.25) is 9.59 Å². The standard InChI is InChI=1S/C5H11N.C5H8O4/c1-2-4-6-5-3-1;6-4(7)2-1-3-5(8)9/h6H,1-5H2;1-3H2,(H,6,7)(H,8,9). The molecule has 0 saturated carbocycles. The number of hydrogen-bond donors (Lipinski definition) is 3. The van der Waals surface area contributed by atoms with Crippen molar-refractivity contribution in [3.63, 3.8) is 0 Å². The van der Waals surface area contributed by atoms with Crippen LogP contribution in [0.5, 0.6) is 0 Å². The van der Waals surface area contributed by atoms with E-state index in [9.17, 15) is 9.59 Å². The number of nitrogens with one attached hydrogen (secondary N) is 1. The van der Waals surface area contributed by atoms with Crippen LogP contribution < -0.4 is 5.32 Å². The lowest BCUT2D eigenvalue weighted by Gasteiger charge is -2.08. The zero-order chi connectivity index (χ0) is 11.5. The molecule has 0 spiro atoms. The Labute approximate surface area is 89.5 Å². The van der Waals surface area contributed by atoms with Crippen LogP contribution in [0.2, 0.25) is 0 Å². The summed E-state index contributed by atoms with van der Waals surface area (Å²) in [6.07, 6.45) is 4.30. The van der Waals surface area contributed by atoms with Crippen molar-refractivity contribution in [2.45, 2.75) is 38.5 Å². The second kappa shape index (κ2) is 9.45. The van der Waals surface area contributed by atoms with Gasteiger partial charge < -0.3 is 15.5 Å². The molecule has 0 radical (unpaired) electrons. The summed E-state index contributed by atoms with van der Waals surface area (Å²) in [5.41, 5.74) is 0. The highest BCUT2D eigenvalue weighted by Crippen LogP contribution is 1.96. The molecule has 0 bridgehead atoms. The number of aliphatic carboxylic acids is 2. The topological polar surface area (TPSA) is 86.6 Å². The lowest BCUT2D eigenvalue weighted by Crippen LogP contribution is -2.21. The molecule has 1 heterocycles. The van der Waals surface area contributed by atoms with Crippen LogP contribution in [0.15, 0.2) is 0 Å². The molecule has 0 unspecified atom stereocenters. The molecule has 1 saturated heterocycles. The van der Waals surface area contributed by atoms with E-state index in [0.717, 1.165) is 0 Å². The number of piperidine rings is 1. The molecule has 1 rings (SSSR count). The van der Waals surface area contributed by atoms with Crippen molar-refractivity contribution in [1.82, 2.24) is 5.32 Å². The average molecular weight is 217 g/mol. The van der Waals surface area contributed by atoms with E-state index in [1.54, 1.807) is 0 Å². The second-order valence-corrected chi connectivity index (χ2v) is 3.45. The molecular weight excluding hydrogens is 198 g/mol. The molecular formula is C10H19NO4. The van der Waals surface area contributed by atoms with Gasteiger partial charge in [0.25, 0.3) is 0 Å². The van der Waals surface area contributed by atoms with E-state index >= 15 is 0 Å². The van der Waals surface area contributed by atoms with Gasteiger partial charge in [-0.15, -0.1) is 0 Å². The monoisotopic (exact) mass is 217 g/mol. The zero-order valence-corrected chi connectivity index (χ0v) is 8.87. The van der Waals surface area contributed by atoms with E-state index in [-0.39, 0.29) is 19.3 Å². The first-order valence-electron chi connectivity index (χ1n) is 5.27. The van der Waals surface area contributed by atoms with E-state index in [0.29, 0.717) is 0 Å². The van der Waals surface area contributed by atoms with Gasteiger partial charge in [0.2, 0.25) is 0 Å². The van der Waals surface area contributed by atoms with Crippen molar-refractivity contribution in [2.24, 2.45) is 0 Å². The molecule has 0 aliphatic carbocycles. The SMILES string of the molecule is C1CCNCC1.O=C(O)CCCC(=O)O. The molecule has 5 nitrogen and oxygen atoms in total. The molecule has 3 N–H and O–H groups in total. The smallest absolute Gasteiger partial charge is 0.303 e. The summed E-state index contributed by atoms with van der Waals surface area (Å²) >= 11 is 0. The predicted molar refractivity (Wildman–Crippen MR) is 55.8 cm³/mol. The van der Waals surface area contributed by atoms with Gasteiger partial charge in [0, 0.05) is 12.8 Å². The molecule has 0 amide bonds. The highest BCUT2D eigenvalue weighted by Gasteiger charge is 1.99. The number of rotatable bonds is 4. The maximum Gasteiger partial charge on any atom is 0.303 e. The molecule has 0 aromatic carbocycles. The minimum Gasteiger partial charge on any atom is -0.481 e. The van der Waals surface area contributed by atoms with Crippen LogP contribution >= 0.6 is 0 Å². The summed E-state index contributed by atoms with van der Waals surface area (Å²) in [4.78, 5) is 19.6. The average Bonchev–Trinajstić information content (AvgIpc) is 2.20. The Morgan fingerprint density at radius 1 is 0.933 bits per heavy atom. The van der Waals surface area contributed by atoms with Crippen LogP contribution in [-0.4, -0.2) is 35.2 Å². The van der Waals surface area contributed by atoms with Gasteiger partial charge in [-0.25, -0.2) is 0 Å². The summed E-state index contributed by atoms with van der Waals surface area (Å²) in [6.45, 7) is 2.50. The predicted octanol–water partition coefficient (Wildman–Crippen LogP) is 1.09. The lowest BCUT2D eigenvalue weighted by atomic mass is 10.2. The number of hydrogen-bond acceptors (Lipinski definition) is 3. The normalized spacial score (nSPS) is 14.9. The third-order valence-corrected chi connectivity index (χ3v) is 1.99. The zero-order valence-electron chi connectivity index (χ0n) is 8.87. The number of carboxylic acid groups (broad SMARTS) is 2. The Balaban J connectivity index is 0.000000280. The van der Waals surface area contributed by atoms with Crippen LogP contribution in [-0.2, 0) is 9.59 Å². The van der Waals surface area contributed by atoms with Gasteiger partial charge in [0.05, 0.1) is 0 Å². The fraction of sp³-hybridized carbons (Fsp3) is 0.800. The van der Waals surface area contributed by atoms with Crippen molar-refractivity contribution < 1.29 is 19.8 Å². The summed E-state index contributed by atoms with van der Waals surface area (Å²) in [5, 5.41) is 19.4. The Morgan fingerprint density at radius 3 is 1.60 bits per heavy atom. The second-order valence-electron chi connectivity index (χ2n) is 3.45. The number of carboxylic acids is 2. The van der Waals surface area contributed by atoms with Gasteiger partial charge in [-0.2, -0.15) is 0 Å². The summed E-state index contributed by atoms with van der Waals surface area (Å²) < 4.78 is 0. The molecule has 15 heavy (non-hydrogen) atoms. The Morgan fingerprint density at radius 2 is 1.40 bits per heavy atom. The molecule has 1 aliphatic rings. The molecule has 0 aromatic heterocycles. The van der Waals surface area contributed by atoms with Gasteiger partial charge in [0.1, 0.15) is 0 Å². The molecule has 5 heteroatoms. The van der Waals surface area contributed by atoms with Crippen molar-refractivity contribution in [1.29, 1.82) is 0 Å².